The predicted octanol–water partition coefficient (Wildman–Crippen LogP) is 2.41. The normalized spacial score (nSPS) is 15.3. The molecule has 1 aromatic carbocycles. The number of sulfonamides is 1. The zero-order chi connectivity index (χ0) is 14.6. The van der Waals surface area contributed by atoms with E-state index >= 15 is 0 Å². The summed E-state index contributed by atoms with van der Waals surface area (Å²) in [7, 11) is -3.39. The van der Waals surface area contributed by atoms with Gasteiger partial charge in [0.2, 0.25) is 10.0 Å². The minimum Gasteiger partial charge on any atom is -0.314 e. The molecule has 0 radical (unpaired) electrons. The second kappa shape index (κ2) is 6.54. The molecule has 0 amide bonds. The zero-order valence-corrected chi connectivity index (χ0v) is 12.5. The minimum atomic E-state index is -3.39. The molecule has 0 spiro atoms. The Morgan fingerprint density at radius 1 is 1.30 bits per heavy atom. The van der Waals surface area contributed by atoms with Gasteiger partial charge in [0.05, 0.1) is 11.4 Å². The van der Waals surface area contributed by atoms with Crippen LogP contribution >= 0.6 is 0 Å². The maximum absolute atomic E-state index is 13.3. The highest BCUT2D eigenvalue weighted by Crippen LogP contribution is 2.18. The summed E-state index contributed by atoms with van der Waals surface area (Å²) in [6.45, 7) is 2.50. The van der Waals surface area contributed by atoms with E-state index in [4.69, 9.17) is 0 Å². The monoisotopic (exact) mass is 300 g/mol. The lowest BCUT2D eigenvalue weighted by Gasteiger charge is -2.09. The first-order valence-electron chi connectivity index (χ1n) is 6.96. The van der Waals surface area contributed by atoms with Crippen molar-refractivity contribution in [3.63, 3.8) is 0 Å². The Balaban J connectivity index is 1.75. The molecule has 0 aromatic heterocycles. The molecule has 1 aromatic rings. The summed E-state index contributed by atoms with van der Waals surface area (Å²) < 4.78 is 39.5. The van der Waals surface area contributed by atoms with E-state index in [-0.39, 0.29) is 11.4 Å². The molecule has 0 bridgehead atoms. The molecule has 1 saturated carbocycles. The SMILES string of the molecule is Cc1ccc(NS(=O)(=O)CCCCNC2CC2)cc1F. The predicted molar refractivity (Wildman–Crippen MR) is 78.8 cm³/mol. The highest BCUT2D eigenvalue weighted by atomic mass is 32.2. The Hall–Kier alpha value is -1.14. The summed E-state index contributed by atoms with van der Waals surface area (Å²) in [5, 5.41) is 3.34. The highest BCUT2D eigenvalue weighted by Gasteiger charge is 2.19. The summed E-state index contributed by atoms with van der Waals surface area (Å²) in [5.74, 6) is -0.340. The van der Waals surface area contributed by atoms with Crippen LogP contribution in [0, 0.1) is 12.7 Å². The fraction of sp³-hybridized carbons (Fsp3) is 0.571. The molecule has 20 heavy (non-hydrogen) atoms. The first-order valence-corrected chi connectivity index (χ1v) is 8.61. The molecule has 0 saturated heterocycles. The van der Waals surface area contributed by atoms with E-state index in [1.54, 1.807) is 19.1 Å². The van der Waals surface area contributed by atoms with Gasteiger partial charge in [-0.3, -0.25) is 4.72 Å². The van der Waals surface area contributed by atoms with E-state index in [0.29, 0.717) is 18.0 Å². The van der Waals surface area contributed by atoms with Crippen molar-refractivity contribution in [2.45, 2.75) is 38.6 Å². The lowest BCUT2D eigenvalue weighted by molar-refractivity contribution is 0.590. The van der Waals surface area contributed by atoms with Crippen molar-refractivity contribution in [3.8, 4) is 0 Å². The molecule has 1 aliphatic rings. The number of rotatable bonds is 8. The van der Waals surface area contributed by atoms with Crippen LogP contribution in [0.2, 0.25) is 0 Å². The van der Waals surface area contributed by atoms with E-state index in [9.17, 15) is 12.8 Å². The molecule has 0 unspecified atom stereocenters. The molecule has 0 atom stereocenters. The Labute approximate surface area is 119 Å². The van der Waals surface area contributed by atoms with Gasteiger partial charge in [0, 0.05) is 6.04 Å². The van der Waals surface area contributed by atoms with Gasteiger partial charge in [-0.2, -0.15) is 0 Å². The second-order valence-corrected chi connectivity index (χ2v) is 7.16. The minimum absolute atomic E-state index is 0.0643. The number of benzene rings is 1. The van der Waals surface area contributed by atoms with Crippen LogP contribution in [0.15, 0.2) is 18.2 Å². The smallest absolute Gasteiger partial charge is 0.232 e. The van der Waals surface area contributed by atoms with Gasteiger partial charge in [-0.15, -0.1) is 0 Å². The van der Waals surface area contributed by atoms with Crippen LogP contribution in [-0.4, -0.2) is 26.8 Å². The maximum Gasteiger partial charge on any atom is 0.232 e. The lowest BCUT2D eigenvalue weighted by atomic mass is 10.2. The van der Waals surface area contributed by atoms with Crippen LogP contribution in [0.25, 0.3) is 0 Å². The third kappa shape index (κ3) is 5.09. The van der Waals surface area contributed by atoms with Crippen molar-refractivity contribution in [2.75, 3.05) is 17.0 Å². The van der Waals surface area contributed by atoms with Gasteiger partial charge in [-0.05, 0) is 56.8 Å². The number of hydrogen-bond donors (Lipinski definition) is 2. The van der Waals surface area contributed by atoms with E-state index < -0.39 is 15.8 Å². The van der Waals surface area contributed by atoms with Gasteiger partial charge in [0.25, 0.3) is 0 Å². The quantitative estimate of drug-likeness (QED) is 0.725. The van der Waals surface area contributed by atoms with Crippen molar-refractivity contribution in [2.24, 2.45) is 0 Å². The molecule has 4 nitrogen and oxygen atoms in total. The Kier molecular flexibility index (Phi) is 4.99. The van der Waals surface area contributed by atoms with Gasteiger partial charge < -0.3 is 5.32 Å². The van der Waals surface area contributed by atoms with Gasteiger partial charge in [0.1, 0.15) is 5.82 Å². The molecule has 2 N–H and O–H groups in total. The molecule has 112 valence electrons. The number of anilines is 1. The molecule has 1 aliphatic carbocycles. The van der Waals surface area contributed by atoms with E-state index in [2.05, 4.69) is 10.0 Å². The molecular formula is C14H21FN2O2S. The van der Waals surface area contributed by atoms with Crippen molar-refractivity contribution in [3.05, 3.63) is 29.6 Å². The number of aryl methyl sites for hydroxylation is 1. The summed E-state index contributed by atoms with van der Waals surface area (Å²) in [6, 6.07) is 5.00. The third-order valence-corrected chi connectivity index (χ3v) is 4.67. The fourth-order valence-electron chi connectivity index (χ4n) is 1.90. The first kappa shape index (κ1) is 15.3. The average molecular weight is 300 g/mol. The average Bonchev–Trinajstić information content (AvgIpc) is 3.17. The van der Waals surface area contributed by atoms with E-state index in [1.807, 2.05) is 0 Å². The van der Waals surface area contributed by atoms with Crippen molar-refractivity contribution < 1.29 is 12.8 Å². The van der Waals surface area contributed by atoms with E-state index in [0.717, 1.165) is 13.0 Å². The molecule has 6 heteroatoms. The van der Waals surface area contributed by atoms with Crippen LogP contribution in [0.5, 0.6) is 0 Å². The number of nitrogens with one attached hydrogen (secondary N) is 2. The molecule has 0 heterocycles. The van der Waals surface area contributed by atoms with Crippen LogP contribution < -0.4 is 10.0 Å². The first-order chi connectivity index (χ1) is 9.46. The van der Waals surface area contributed by atoms with Gasteiger partial charge >= 0.3 is 0 Å². The Morgan fingerprint density at radius 3 is 2.70 bits per heavy atom. The van der Waals surface area contributed by atoms with Crippen molar-refractivity contribution in [1.29, 1.82) is 0 Å². The fourth-order valence-corrected chi connectivity index (χ4v) is 3.07. The van der Waals surface area contributed by atoms with Crippen LogP contribution in [0.1, 0.15) is 31.2 Å². The number of hydrogen-bond acceptors (Lipinski definition) is 3. The number of halogens is 1. The van der Waals surface area contributed by atoms with Gasteiger partial charge in [-0.1, -0.05) is 6.07 Å². The second-order valence-electron chi connectivity index (χ2n) is 5.32. The third-order valence-electron chi connectivity index (χ3n) is 3.30. The molecular weight excluding hydrogens is 279 g/mol. The van der Waals surface area contributed by atoms with Crippen molar-refractivity contribution in [1.82, 2.24) is 5.32 Å². The number of unbranched alkanes of at least 4 members (excludes halogenated alkanes) is 1. The summed E-state index contributed by atoms with van der Waals surface area (Å²) >= 11 is 0. The molecule has 0 aliphatic heterocycles. The lowest BCUT2D eigenvalue weighted by Crippen LogP contribution is -2.20. The summed E-state index contributed by atoms with van der Waals surface area (Å²) in [4.78, 5) is 0. The Morgan fingerprint density at radius 2 is 2.05 bits per heavy atom. The van der Waals surface area contributed by atoms with Crippen LogP contribution in [-0.2, 0) is 10.0 Å². The van der Waals surface area contributed by atoms with Gasteiger partial charge in [0.15, 0.2) is 0 Å². The van der Waals surface area contributed by atoms with Gasteiger partial charge in [-0.25, -0.2) is 12.8 Å². The summed E-state index contributed by atoms with van der Waals surface area (Å²) in [6.07, 6.45) is 3.90. The topological polar surface area (TPSA) is 58.2 Å². The van der Waals surface area contributed by atoms with Crippen LogP contribution in [0.4, 0.5) is 10.1 Å². The van der Waals surface area contributed by atoms with Crippen molar-refractivity contribution >= 4 is 15.7 Å². The zero-order valence-electron chi connectivity index (χ0n) is 11.7. The molecule has 1 fully saturated rings. The maximum atomic E-state index is 13.3. The van der Waals surface area contributed by atoms with Crippen LogP contribution in [0.3, 0.4) is 0 Å². The molecule has 2 rings (SSSR count). The van der Waals surface area contributed by atoms with E-state index in [1.165, 1.54) is 18.9 Å². The Bertz CT molecular complexity index is 556. The highest BCUT2D eigenvalue weighted by molar-refractivity contribution is 7.92. The standard InChI is InChI=1S/C14H21FN2O2S/c1-11-4-5-13(10-14(11)15)17-20(18,19)9-3-2-8-16-12-6-7-12/h4-5,10,12,16-17H,2-3,6-9H2,1H3. The largest absolute Gasteiger partial charge is 0.314 e. The summed E-state index contributed by atoms with van der Waals surface area (Å²) in [5.41, 5.74) is 0.781.